The highest BCUT2D eigenvalue weighted by Gasteiger charge is 2.42. The summed E-state index contributed by atoms with van der Waals surface area (Å²) in [5.74, 6) is -0.618. The van der Waals surface area contributed by atoms with Crippen LogP contribution in [0.3, 0.4) is 0 Å². The number of methoxy groups -OCH3 is 1. The summed E-state index contributed by atoms with van der Waals surface area (Å²) < 4.78 is 10.4. The summed E-state index contributed by atoms with van der Waals surface area (Å²) in [6, 6.07) is 7.83. The molecule has 3 aliphatic rings. The number of rotatable bonds is 8. The van der Waals surface area contributed by atoms with Gasteiger partial charge in [-0.25, -0.2) is 9.79 Å². The molecule has 3 aliphatic heterocycles. The monoisotopic (exact) mass is 539 g/mol. The van der Waals surface area contributed by atoms with E-state index in [0.29, 0.717) is 43.3 Å². The number of likely N-dealkylation sites (tertiary alicyclic amines) is 1. The van der Waals surface area contributed by atoms with Crippen molar-refractivity contribution in [3.05, 3.63) is 57.8 Å². The summed E-state index contributed by atoms with van der Waals surface area (Å²) in [6.45, 7) is 9.37. The van der Waals surface area contributed by atoms with Gasteiger partial charge in [-0.1, -0.05) is 56.8 Å². The Labute approximate surface area is 229 Å². The van der Waals surface area contributed by atoms with Gasteiger partial charge in [0.15, 0.2) is 5.17 Å². The maximum Gasteiger partial charge on any atom is 0.338 e. The predicted octanol–water partition coefficient (Wildman–Crippen LogP) is 5.14. The van der Waals surface area contributed by atoms with Gasteiger partial charge in [-0.3, -0.25) is 9.59 Å². The van der Waals surface area contributed by atoms with E-state index in [-0.39, 0.29) is 24.2 Å². The van der Waals surface area contributed by atoms with Crippen molar-refractivity contribution in [3.8, 4) is 0 Å². The number of nitrogens with zero attached hydrogens (tertiary/aromatic N) is 3. The first kappa shape index (κ1) is 28.0. The van der Waals surface area contributed by atoms with E-state index in [1.165, 1.54) is 24.4 Å². The molecular weight excluding hydrogens is 502 g/mol. The van der Waals surface area contributed by atoms with Gasteiger partial charge < -0.3 is 19.3 Å². The summed E-state index contributed by atoms with van der Waals surface area (Å²) in [5, 5.41) is 2.70. The Morgan fingerprint density at radius 2 is 1.89 bits per heavy atom. The highest BCUT2D eigenvalue weighted by atomic mass is 32.2. The van der Waals surface area contributed by atoms with E-state index in [0.717, 1.165) is 29.3 Å². The number of aliphatic imine (C=N–C) groups is 1. The first-order valence-corrected chi connectivity index (χ1v) is 14.3. The van der Waals surface area contributed by atoms with Gasteiger partial charge in [0.2, 0.25) is 5.91 Å². The lowest BCUT2D eigenvalue weighted by atomic mass is 9.91. The molecule has 0 N–H and O–H groups in total. The first-order valence-electron chi connectivity index (χ1n) is 13.4. The number of amides is 1. The van der Waals surface area contributed by atoms with Crippen LogP contribution in [0.15, 0.2) is 51.6 Å². The molecule has 1 saturated heterocycles. The average Bonchev–Trinajstić information content (AvgIpc) is 3.33. The number of fused-ring (bicyclic) bond motifs is 1. The standard InChI is InChI=1S/C29H37N3O5S/c1-6-23-25(28(35)36-5)26(20-12-10-19(11-13-20)18(3)4)32-22(17-38-29(32)30-23)15-24(33)31-14-8-9-21(16-31)27(34)37-7-2/h10-13,17-18,21,26H,6-9,14-16H2,1-5H3/t21-,26-/m0/s1. The molecule has 0 aromatic heterocycles. The van der Waals surface area contributed by atoms with Crippen LogP contribution in [-0.4, -0.2) is 59.6 Å². The number of esters is 2. The number of carbonyl (C=O) groups is 3. The molecule has 1 aromatic rings. The summed E-state index contributed by atoms with van der Waals surface area (Å²) in [5.41, 5.74) is 4.13. The van der Waals surface area contributed by atoms with E-state index in [1.54, 1.807) is 11.8 Å². The van der Waals surface area contributed by atoms with E-state index in [1.807, 2.05) is 17.2 Å². The SMILES string of the molecule is CCOC(=O)[C@H]1CCCN(C(=O)CC2=CSC3=NC(CC)=C(C(=O)OC)[C@H](c4ccc(C(C)C)cc4)N23)C1. The minimum Gasteiger partial charge on any atom is -0.466 e. The molecule has 1 aromatic carbocycles. The largest absolute Gasteiger partial charge is 0.466 e. The van der Waals surface area contributed by atoms with Gasteiger partial charge in [-0.15, -0.1) is 0 Å². The van der Waals surface area contributed by atoms with Crippen LogP contribution in [0.2, 0.25) is 0 Å². The third-order valence-corrected chi connectivity index (χ3v) is 8.16. The smallest absolute Gasteiger partial charge is 0.338 e. The van der Waals surface area contributed by atoms with Crippen LogP contribution in [0.25, 0.3) is 0 Å². The van der Waals surface area contributed by atoms with Crippen LogP contribution in [-0.2, 0) is 23.9 Å². The van der Waals surface area contributed by atoms with E-state index >= 15 is 0 Å². The van der Waals surface area contributed by atoms with Crippen molar-refractivity contribution >= 4 is 34.8 Å². The fourth-order valence-electron chi connectivity index (χ4n) is 5.21. The summed E-state index contributed by atoms with van der Waals surface area (Å²) >= 11 is 1.46. The molecule has 1 amide bonds. The highest BCUT2D eigenvalue weighted by Crippen LogP contribution is 2.45. The molecule has 8 nitrogen and oxygen atoms in total. The van der Waals surface area contributed by atoms with Crippen molar-refractivity contribution < 1.29 is 23.9 Å². The van der Waals surface area contributed by atoms with E-state index in [4.69, 9.17) is 14.5 Å². The zero-order chi connectivity index (χ0) is 27.4. The lowest BCUT2D eigenvalue weighted by Crippen LogP contribution is -2.44. The van der Waals surface area contributed by atoms with Crippen molar-refractivity contribution in [3.63, 3.8) is 0 Å². The lowest BCUT2D eigenvalue weighted by molar-refractivity contribution is -0.151. The molecule has 0 saturated carbocycles. The van der Waals surface area contributed by atoms with Crippen molar-refractivity contribution in [1.29, 1.82) is 0 Å². The third kappa shape index (κ3) is 5.67. The number of hydrogen-bond acceptors (Lipinski definition) is 8. The molecule has 0 bridgehead atoms. The van der Waals surface area contributed by atoms with Gasteiger partial charge in [0.1, 0.15) is 0 Å². The van der Waals surface area contributed by atoms with Crippen LogP contribution in [0.1, 0.15) is 76.5 Å². The first-order chi connectivity index (χ1) is 18.3. The maximum absolute atomic E-state index is 13.5. The number of carbonyl (C=O) groups excluding carboxylic acids is 3. The number of thioether (sulfide) groups is 1. The number of benzene rings is 1. The second-order valence-electron chi connectivity index (χ2n) is 10.0. The van der Waals surface area contributed by atoms with Gasteiger partial charge >= 0.3 is 11.9 Å². The third-order valence-electron chi connectivity index (χ3n) is 7.27. The molecule has 0 unspecified atom stereocenters. The van der Waals surface area contributed by atoms with Gasteiger partial charge in [-0.2, -0.15) is 0 Å². The number of ether oxygens (including phenoxy) is 2. The number of piperidine rings is 1. The van der Waals surface area contributed by atoms with Crippen LogP contribution in [0.4, 0.5) is 0 Å². The Kier molecular flexibility index (Phi) is 8.97. The molecular formula is C29H37N3O5S. The molecule has 0 radical (unpaired) electrons. The molecule has 9 heteroatoms. The average molecular weight is 540 g/mol. The molecule has 3 heterocycles. The van der Waals surface area contributed by atoms with E-state index in [9.17, 15) is 14.4 Å². The van der Waals surface area contributed by atoms with Crippen LogP contribution < -0.4 is 0 Å². The fourth-order valence-corrected chi connectivity index (χ4v) is 6.15. The number of allylic oxidation sites excluding steroid dienone is 1. The van der Waals surface area contributed by atoms with Crippen molar-refractivity contribution in [1.82, 2.24) is 9.80 Å². The topological polar surface area (TPSA) is 88.5 Å². The molecule has 4 rings (SSSR count). The van der Waals surface area contributed by atoms with Crippen molar-refractivity contribution in [2.75, 3.05) is 26.8 Å². The minimum atomic E-state index is -0.450. The second-order valence-corrected chi connectivity index (χ2v) is 10.9. The lowest BCUT2D eigenvalue weighted by Gasteiger charge is -2.37. The molecule has 2 atom stereocenters. The van der Waals surface area contributed by atoms with Gasteiger partial charge in [0.25, 0.3) is 0 Å². The zero-order valence-electron chi connectivity index (χ0n) is 22.9. The quantitative estimate of drug-likeness (QED) is 0.423. The van der Waals surface area contributed by atoms with Gasteiger partial charge in [0.05, 0.1) is 43.4 Å². The molecule has 0 spiro atoms. The fraction of sp³-hybridized carbons (Fsp3) is 0.517. The molecule has 204 valence electrons. The van der Waals surface area contributed by atoms with Crippen LogP contribution in [0, 0.1) is 5.92 Å². The molecule has 38 heavy (non-hydrogen) atoms. The zero-order valence-corrected chi connectivity index (χ0v) is 23.7. The summed E-state index contributed by atoms with van der Waals surface area (Å²) in [4.78, 5) is 47.4. The Bertz CT molecular complexity index is 1170. The Morgan fingerprint density at radius 3 is 2.53 bits per heavy atom. The van der Waals surface area contributed by atoms with Gasteiger partial charge in [-0.05, 0) is 48.6 Å². The van der Waals surface area contributed by atoms with Gasteiger partial charge in [0, 0.05) is 18.8 Å². The normalized spacial score (nSPS) is 21.2. The highest BCUT2D eigenvalue weighted by molar-refractivity contribution is 8.16. The van der Waals surface area contributed by atoms with E-state index in [2.05, 4.69) is 38.1 Å². The summed E-state index contributed by atoms with van der Waals surface area (Å²) in [6.07, 6.45) is 2.23. The number of amidine groups is 1. The molecule has 1 fully saturated rings. The van der Waals surface area contributed by atoms with Crippen molar-refractivity contribution in [2.45, 2.75) is 65.3 Å². The minimum absolute atomic E-state index is 0.0501. The second kappa shape index (κ2) is 12.2. The molecule has 0 aliphatic carbocycles. The van der Waals surface area contributed by atoms with Crippen LogP contribution in [0.5, 0.6) is 0 Å². The predicted molar refractivity (Wildman–Crippen MR) is 148 cm³/mol. The number of hydrogen-bond donors (Lipinski definition) is 0. The van der Waals surface area contributed by atoms with Crippen LogP contribution >= 0.6 is 11.8 Å². The Morgan fingerprint density at radius 1 is 1.16 bits per heavy atom. The Balaban J connectivity index is 1.63. The maximum atomic E-state index is 13.5. The van der Waals surface area contributed by atoms with E-state index < -0.39 is 12.0 Å². The Hall–Kier alpha value is -3.07. The summed E-state index contributed by atoms with van der Waals surface area (Å²) in [7, 11) is 1.39. The van der Waals surface area contributed by atoms with Crippen molar-refractivity contribution in [2.24, 2.45) is 10.9 Å².